The van der Waals surface area contributed by atoms with E-state index in [1.165, 1.54) is 25.1 Å². The maximum absolute atomic E-state index is 12.3. The van der Waals surface area contributed by atoms with Gasteiger partial charge in [-0.15, -0.1) is 0 Å². The first-order valence-electron chi connectivity index (χ1n) is 9.05. The van der Waals surface area contributed by atoms with Gasteiger partial charge >= 0.3 is 12.0 Å². The third-order valence-electron chi connectivity index (χ3n) is 4.27. The number of carbonyl (C=O) groups excluding carboxylic acids is 3. The van der Waals surface area contributed by atoms with Gasteiger partial charge in [-0.2, -0.15) is 0 Å². The summed E-state index contributed by atoms with van der Waals surface area (Å²) >= 11 is 0. The van der Waals surface area contributed by atoms with E-state index in [9.17, 15) is 22.8 Å². The fourth-order valence-electron chi connectivity index (χ4n) is 2.91. The molecule has 1 aliphatic carbocycles. The summed E-state index contributed by atoms with van der Waals surface area (Å²) in [6.07, 6.45) is 4.67. The average molecular weight is 411 g/mol. The molecular weight excluding hydrogens is 386 g/mol. The molecule has 28 heavy (non-hydrogen) atoms. The topological polar surface area (TPSA) is 131 Å². The standard InChI is InChI=1S/C18H25N3O6S/c1-12(16(22)20-18(24)19-13-8-4-3-5-9-13)27-17(23)14-10-6-7-11-15(14)21-28(2,25)26/h6-7,10-13,21H,3-5,8-9H2,1-2H3,(H2,19,20,22,24)/t12-/m1/s1. The van der Waals surface area contributed by atoms with Gasteiger partial charge in [0.1, 0.15) is 0 Å². The number of esters is 1. The maximum atomic E-state index is 12.3. The summed E-state index contributed by atoms with van der Waals surface area (Å²) < 4.78 is 30.1. The van der Waals surface area contributed by atoms with E-state index < -0.39 is 34.0 Å². The van der Waals surface area contributed by atoms with Gasteiger partial charge in [-0.05, 0) is 31.9 Å². The van der Waals surface area contributed by atoms with Crippen LogP contribution in [0.25, 0.3) is 0 Å². The number of rotatable bonds is 6. The predicted molar refractivity (Wildman–Crippen MR) is 103 cm³/mol. The SMILES string of the molecule is C[C@@H](OC(=O)c1ccccc1NS(C)(=O)=O)C(=O)NC(=O)NC1CCCCC1. The minimum absolute atomic E-state index is 0.0355. The summed E-state index contributed by atoms with van der Waals surface area (Å²) in [4.78, 5) is 36.4. The third-order valence-corrected chi connectivity index (χ3v) is 4.86. The minimum Gasteiger partial charge on any atom is -0.449 e. The molecule has 1 aromatic rings. The summed E-state index contributed by atoms with van der Waals surface area (Å²) in [5, 5.41) is 4.90. The lowest BCUT2D eigenvalue weighted by Crippen LogP contribution is -2.48. The summed E-state index contributed by atoms with van der Waals surface area (Å²) in [5.41, 5.74) is -0.00289. The Balaban J connectivity index is 1.92. The normalized spacial score (nSPS) is 15.9. The zero-order chi connectivity index (χ0) is 20.7. The Morgan fingerprint density at radius 1 is 1.11 bits per heavy atom. The number of sulfonamides is 1. The molecule has 0 unspecified atom stereocenters. The van der Waals surface area contributed by atoms with Gasteiger partial charge in [-0.25, -0.2) is 18.0 Å². The first kappa shape index (κ1) is 21.7. The average Bonchev–Trinajstić information content (AvgIpc) is 2.61. The molecule has 2 rings (SSSR count). The molecule has 9 nitrogen and oxygen atoms in total. The lowest BCUT2D eigenvalue weighted by Gasteiger charge is -2.23. The Hall–Kier alpha value is -2.62. The highest BCUT2D eigenvalue weighted by Crippen LogP contribution is 2.18. The van der Waals surface area contributed by atoms with E-state index >= 15 is 0 Å². The molecule has 1 saturated carbocycles. The van der Waals surface area contributed by atoms with Crippen molar-refractivity contribution in [3.8, 4) is 0 Å². The third kappa shape index (κ3) is 6.84. The van der Waals surface area contributed by atoms with Crippen LogP contribution in [-0.2, 0) is 19.6 Å². The van der Waals surface area contributed by atoms with Crippen LogP contribution in [0.15, 0.2) is 24.3 Å². The van der Waals surface area contributed by atoms with E-state index in [0.717, 1.165) is 38.4 Å². The van der Waals surface area contributed by atoms with E-state index in [-0.39, 0.29) is 17.3 Å². The zero-order valence-electron chi connectivity index (χ0n) is 15.9. The van der Waals surface area contributed by atoms with Gasteiger partial charge in [0, 0.05) is 6.04 Å². The maximum Gasteiger partial charge on any atom is 0.341 e. The number of hydrogen-bond acceptors (Lipinski definition) is 6. The van der Waals surface area contributed by atoms with E-state index in [1.54, 1.807) is 6.07 Å². The number of ether oxygens (including phenoxy) is 1. The molecule has 0 saturated heterocycles. The van der Waals surface area contributed by atoms with Crippen molar-refractivity contribution in [1.82, 2.24) is 10.6 Å². The van der Waals surface area contributed by atoms with Gasteiger partial charge in [-0.1, -0.05) is 31.4 Å². The van der Waals surface area contributed by atoms with E-state index in [0.29, 0.717) is 0 Å². The van der Waals surface area contributed by atoms with Crippen LogP contribution in [0.4, 0.5) is 10.5 Å². The number of anilines is 1. The fraction of sp³-hybridized carbons (Fsp3) is 0.500. The molecule has 154 valence electrons. The highest BCUT2D eigenvalue weighted by Gasteiger charge is 2.24. The van der Waals surface area contributed by atoms with Gasteiger partial charge in [0.05, 0.1) is 17.5 Å². The van der Waals surface area contributed by atoms with E-state index in [4.69, 9.17) is 4.74 Å². The molecule has 3 amide bonds. The first-order valence-corrected chi connectivity index (χ1v) is 10.9. The molecule has 1 atom stereocenters. The highest BCUT2D eigenvalue weighted by molar-refractivity contribution is 7.92. The monoisotopic (exact) mass is 411 g/mol. The minimum atomic E-state index is -3.60. The van der Waals surface area contributed by atoms with E-state index in [1.807, 2.05) is 0 Å². The second kappa shape index (κ2) is 9.54. The van der Waals surface area contributed by atoms with Crippen molar-refractivity contribution in [2.45, 2.75) is 51.2 Å². The van der Waals surface area contributed by atoms with Crippen LogP contribution in [-0.4, -0.2) is 44.7 Å². The molecule has 3 N–H and O–H groups in total. The summed E-state index contributed by atoms with van der Waals surface area (Å²) in [7, 11) is -3.60. The predicted octanol–water partition coefficient (Wildman–Crippen LogP) is 1.76. The van der Waals surface area contributed by atoms with Crippen LogP contribution in [0.5, 0.6) is 0 Å². The quantitative estimate of drug-likeness (QED) is 0.612. The Morgan fingerprint density at radius 3 is 2.39 bits per heavy atom. The molecule has 1 fully saturated rings. The molecule has 1 aliphatic rings. The molecule has 0 heterocycles. The lowest BCUT2D eigenvalue weighted by molar-refractivity contribution is -0.127. The van der Waals surface area contributed by atoms with Crippen LogP contribution in [0.1, 0.15) is 49.4 Å². The van der Waals surface area contributed by atoms with Crippen LogP contribution in [0.3, 0.4) is 0 Å². The van der Waals surface area contributed by atoms with Gasteiger partial charge in [0.2, 0.25) is 10.0 Å². The number of para-hydroxylation sites is 1. The van der Waals surface area contributed by atoms with Gasteiger partial charge < -0.3 is 10.1 Å². The van der Waals surface area contributed by atoms with Crippen LogP contribution >= 0.6 is 0 Å². The van der Waals surface area contributed by atoms with Gasteiger partial charge in [0.15, 0.2) is 6.10 Å². The zero-order valence-corrected chi connectivity index (χ0v) is 16.7. The number of imide groups is 1. The van der Waals surface area contributed by atoms with Crippen molar-refractivity contribution in [3.05, 3.63) is 29.8 Å². The fourth-order valence-corrected chi connectivity index (χ4v) is 3.49. The van der Waals surface area contributed by atoms with Crippen LogP contribution in [0, 0.1) is 0 Å². The number of carbonyl (C=O) groups is 3. The molecule has 0 bridgehead atoms. The molecular formula is C18H25N3O6S. The Morgan fingerprint density at radius 2 is 1.75 bits per heavy atom. The Bertz CT molecular complexity index is 833. The number of urea groups is 1. The molecule has 1 aromatic carbocycles. The smallest absolute Gasteiger partial charge is 0.341 e. The molecule has 10 heteroatoms. The number of hydrogen-bond donors (Lipinski definition) is 3. The second-order valence-corrected chi connectivity index (χ2v) is 8.51. The molecule has 0 radical (unpaired) electrons. The van der Waals surface area contributed by atoms with Crippen molar-refractivity contribution < 1.29 is 27.5 Å². The highest BCUT2D eigenvalue weighted by atomic mass is 32.2. The van der Waals surface area contributed by atoms with Crippen molar-refractivity contribution >= 4 is 33.6 Å². The number of nitrogens with one attached hydrogen (secondary N) is 3. The summed E-state index contributed by atoms with van der Waals surface area (Å²) in [5.74, 6) is -1.66. The largest absolute Gasteiger partial charge is 0.449 e. The Labute approximate surface area is 164 Å². The van der Waals surface area contributed by atoms with Crippen LogP contribution in [0.2, 0.25) is 0 Å². The first-order chi connectivity index (χ1) is 13.2. The van der Waals surface area contributed by atoms with E-state index in [2.05, 4.69) is 15.4 Å². The van der Waals surface area contributed by atoms with Gasteiger partial charge in [-0.3, -0.25) is 14.8 Å². The van der Waals surface area contributed by atoms with Crippen LogP contribution < -0.4 is 15.4 Å². The number of amides is 3. The van der Waals surface area contributed by atoms with Gasteiger partial charge in [0.25, 0.3) is 5.91 Å². The van der Waals surface area contributed by atoms with Crippen molar-refractivity contribution in [2.24, 2.45) is 0 Å². The summed E-state index contributed by atoms with van der Waals surface area (Å²) in [6.45, 7) is 1.33. The van der Waals surface area contributed by atoms with Crippen molar-refractivity contribution in [2.75, 3.05) is 11.0 Å². The van der Waals surface area contributed by atoms with Crippen molar-refractivity contribution in [3.63, 3.8) is 0 Å². The molecule has 0 spiro atoms. The molecule has 0 aliphatic heterocycles. The van der Waals surface area contributed by atoms with Crippen molar-refractivity contribution in [1.29, 1.82) is 0 Å². The second-order valence-electron chi connectivity index (χ2n) is 6.76. The number of benzene rings is 1. The molecule has 0 aromatic heterocycles. The Kier molecular flexibility index (Phi) is 7.38. The summed E-state index contributed by atoms with van der Waals surface area (Å²) in [6, 6.07) is 5.27. The lowest BCUT2D eigenvalue weighted by atomic mass is 9.96.